The smallest absolute Gasteiger partial charge is 0.0650 e. The summed E-state index contributed by atoms with van der Waals surface area (Å²) in [5.74, 6) is 0.468. The lowest BCUT2D eigenvalue weighted by Crippen LogP contribution is -1.87. The van der Waals surface area contributed by atoms with Crippen LogP contribution in [0.25, 0.3) is 0 Å². The molecule has 2 nitrogen and oxygen atoms in total. The molecule has 0 aliphatic heterocycles. The van der Waals surface area contributed by atoms with Gasteiger partial charge in [0.1, 0.15) is 0 Å². The molecule has 2 rings (SSSR count). The van der Waals surface area contributed by atoms with Crippen molar-refractivity contribution in [1.82, 2.24) is 10.2 Å². The monoisotopic (exact) mass is 234 g/mol. The summed E-state index contributed by atoms with van der Waals surface area (Å²) in [4.78, 5) is 0. The first-order valence-corrected chi connectivity index (χ1v) is 5.81. The van der Waals surface area contributed by atoms with Gasteiger partial charge in [-0.3, -0.25) is 5.10 Å². The van der Waals surface area contributed by atoms with Crippen molar-refractivity contribution in [2.45, 2.75) is 26.2 Å². The molecule has 3 heteroatoms. The minimum absolute atomic E-state index is 0.468. The summed E-state index contributed by atoms with van der Waals surface area (Å²) < 4.78 is 0. The second-order valence-corrected chi connectivity index (χ2v) is 4.71. The Labute approximate surface area is 101 Å². The van der Waals surface area contributed by atoms with Gasteiger partial charge in [0.2, 0.25) is 0 Å². The lowest BCUT2D eigenvalue weighted by atomic mass is 10.1. The van der Waals surface area contributed by atoms with Gasteiger partial charge in [0.25, 0.3) is 0 Å². The lowest BCUT2D eigenvalue weighted by molar-refractivity contribution is 0.809. The van der Waals surface area contributed by atoms with E-state index in [9.17, 15) is 0 Å². The van der Waals surface area contributed by atoms with E-state index in [4.69, 9.17) is 11.6 Å². The molecule has 1 heterocycles. The molecule has 0 unspecified atom stereocenters. The number of hydrogen-bond donors (Lipinski definition) is 1. The molecule has 0 amide bonds. The van der Waals surface area contributed by atoms with Crippen molar-refractivity contribution < 1.29 is 0 Å². The Bertz CT molecular complexity index is 457. The van der Waals surface area contributed by atoms with E-state index in [-0.39, 0.29) is 0 Å². The average Bonchev–Trinajstić information content (AvgIpc) is 2.70. The number of aromatic amines is 1. The summed E-state index contributed by atoms with van der Waals surface area (Å²) in [7, 11) is 0. The fourth-order valence-electron chi connectivity index (χ4n) is 1.59. The van der Waals surface area contributed by atoms with Crippen molar-refractivity contribution in [2.24, 2.45) is 0 Å². The third-order valence-electron chi connectivity index (χ3n) is 2.55. The second-order valence-electron chi connectivity index (χ2n) is 4.28. The van der Waals surface area contributed by atoms with E-state index in [1.165, 1.54) is 5.56 Å². The van der Waals surface area contributed by atoms with Gasteiger partial charge in [-0.2, -0.15) is 5.10 Å². The van der Waals surface area contributed by atoms with E-state index < -0.39 is 0 Å². The van der Waals surface area contributed by atoms with Crippen molar-refractivity contribution in [2.75, 3.05) is 0 Å². The van der Waals surface area contributed by atoms with Gasteiger partial charge >= 0.3 is 0 Å². The molecule has 16 heavy (non-hydrogen) atoms. The summed E-state index contributed by atoms with van der Waals surface area (Å²) in [5.41, 5.74) is 3.50. The van der Waals surface area contributed by atoms with Crippen molar-refractivity contribution in [3.8, 4) is 0 Å². The molecular weight excluding hydrogens is 220 g/mol. The average molecular weight is 235 g/mol. The number of aromatic nitrogens is 2. The van der Waals surface area contributed by atoms with E-state index in [1.54, 1.807) is 0 Å². The Hall–Kier alpha value is -1.28. The highest BCUT2D eigenvalue weighted by Crippen LogP contribution is 2.16. The summed E-state index contributed by atoms with van der Waals surface area (Å²) in [6, 6.07) is 10.0. The minimum atomic E-state index is 0.468. The first-order chi connectivity index (χ1) is 7.65. The van der Waals surface area contributed by atoms with Crippen LogP contribution in [0.1, 0.15) is 36.7 Å². The number of hydrogen-bond acceptors (Lipinski definition) is 1. The van der Waals surface area contributed by atoms with Crippen LogP contribution in [0.2, 0.25) is 5.02 Å². The van der Waals surface area contributed by atoms with Gasteiger partial charge in [0.05, 0.1) is 5.69 Å². The molecule has 0 fully saturated rings. The molecule has 0 aliphatic carbocycles. The van der Waals surface area contributed by atoms with Gasteiger partial charge in [0.15, 0.2) is 0 Å². The maximum Gasteiger partial charge on any atom is 0.0650 e. The third-order valence-corrected chi connectivity index (χ3v) is 2.80. The number of halogens is 1. The highest BCUT2D eigenvalue weighted by Gasteiger charge is 2.05. The van der Waals surface area contributed by atoms with E-state index >= 15 is 0 Å². The van der Waals surface area contributed by atoms with E-state index in [1.807, 2.05) is 24.3 Å². The highest BCUT2D eigenvalue weighted by atomic mass is 35.5. The standard InChI is InChI=1S/C13H15ClN2/c1-9(2)13-8-12(15-16-13)7-10-3-5-11(14)6-4-10/h3-6,8-9H,7H2,1-2H3,(H,15,16). The first-order valence-electron chi connectivity index (χ1n) is 5.44. The van der Waals surface area contributed by atoms with Gasteiger partial charge in [-0.1, -0.05) is 37.6 Å². The van der Waals surface area contributed by atoms with Crippen molar-refractivity contribution >= 4 is 11.6 Å². The molecule has 0 spiro atoms. The van der Waals surface area contributed by atoms with Gasteiger partial charge in [0, 0.05) is 17.1 Å². The molecule has 2 aromatic rings. The first kappa shape index (κ1) is 11.2. The van der Waals surface area contributed by atoms with Crippen LogP contribution < -0.4 is 0 Å². The SMILES string of the molecule is CC(C)c1cc(Cc2ccc(Cl)cc2)[nH]n1. The molecule has 1 aromatic carbocycles. The summed E-state index contributed by atoms with van der Waals surface area (Å²) in [5, 5.41) is 8.12. The number of benzene rings is 1. The molecule has 1 N–H and O–H groups in total. The number of nitrogens with one attached hydrogen (secondary N) is 1. The molecule has 0 atom stereocenters. The quantitative estimate of drug-likeness (QED) is 0.860. The molecule has 0 bridgehead atoms. The summed E-state index contributed by atoms with van der Waals surface area (Å²) >= 11 is 5.84. The predicted octanol–water partition coefficient (Wildman–Crippen LogP) is 3.78. The number of rotatable bonds is 3. The van der Waals surface area contributed by atoms with Crippen LogP contribution in [-0.2, 0) is 6.42 Å². The lowest BCUT2D eigenvalue weighted by Gasteiger charge is -1.98. The number of nitrogens with zero attached hydrogens (tertiary/aromatic N) is 1. The van der Waals surface area contributed by atoms with E-state index in [2.05, 4.69) is 30.1 Å². The van der Waals surface area contributed by atoms with Gasteiger partial charge in [-0.15, -0.1) is 0 Å². The Morgan fingerprint density at radius 3 is 2.50 bits per heavy atom. The predicted molar refractivity (Wildman–Crippen MR) is 66.9 cm³/mol. The maximum absolute atomic E-state index is 5.84. The summed E-state index contributed by atoms with van der Waals surface area (Å²) in [6.45, 7) is 4.28. The Kier molecular flexibility index (Phi) is 3.30. The van der Waals surface area contributed by atoms with Crippen molar-refractivity contribution in [3.05, 3.63) is 52.3 Å². The molecule has 0 radical (unpaired) electrons. The van der Waals surface area contributed by atoms with Gasteiger partial charge in [-0.25, -0.2) is 0 Å². The molecule has 1 aromatic heterocycles. The largest absolute Gasteiger partial charge is 0.282 e. The number of H-pyrrole nitrogens is 1. The fraction of sp³-hybridized carbons (Fsp3) is 0.308. The van der Waals surface area contributed by atoms with Gasteiger partial charge < -0.3 is 0 Å². The topological polar surface area (TPSA) is 28.7 Å². The van der Waals surface area contributed by atoms with Crippen molar-refractivity contribution in [1.29, 1.82) is 0 Å². The Balaban J connectivity index is 2.11. The molecule has 0 saturated carbocycles. The van der Waals surface area contributed by atoms with Crippen molar-refractivity contribution in [3.63, 3.8) is 0 Å². The Morgan fingerprint density at radius 1 is 1.25 bits per heavy atom. The van der Waals surface area contributed by atoms with Crippen LogP contribution in [0.5, 0.6) is 0 Å². The zero-order valence-corrected chi connectivity index (χ0v) is 10.3. The zero-order valence-electron chi connectivity index (χ0n) is 9.50. The van der Waals surface area contributed by atoms with E-state index in [0.29, 0.717) is 5.92 Å². The third kappa shape index (κ3) is 2.64. The van der Waals surface area contributed by atoms with Crippen LogP contribution >= 0.6 is 11.6 Å². The molecule has 0 saturated heterocycles. The van der Waals surface area contributed by atoms with Crippen LogP contribution in [-0.4, -0.2) is 10.2 Å². The zero-order chi connectivity index (χ0) is 11.5. The molecule has 84 valence electrons. The van der Waals surface area contributed by atoms with Gasteiger partial charge in [-0.05, 0) is 29.7 Å². The van der Waals surface area contributed by atoms with Crippen LogP contribution in [0.4, 0.5) is 0 Å². The summed E-state index contributed by atoms with van der Waals surface area (Å²) in [6.07, 6.45) is 0.872. The maximum atomic E-state index is 5.84. The minimum Gasteiger partial charge on any atom is -0.282 e. The molecular formula is C13H15ClN2. The second kappa shape index (κ2) is 4.71. The van der Waals surface area contributed by atoms with Crippen LogP contribution in [0.3, 0.4) is 0 Å². The normalized spacial score (nSPS) is 11.0. The van der Waals surface area contributed by atoms with E-state index in [0.717, 1.165) is 22.8 Å². The van der Waals surface area contributed by atoms with Crippen LogP contribution in [0, 0.1) is 0 Å². The van der Waals surface area contributed by atoms with Crippen LogP contribution in [0.15, 0.2) is 30.3 Å². The highest BCUT2D eigenvalue weighted by molar-refractivity contribution is 6.30. The molecule has 0 aliphatic rings. The Morgan fingerprint density at radius 2 is 1.94 bits per heavy atom. The fourth-order valence-corrected chi connectivity index (χ4v) is 1.71.